The Morgan fingerprint density at radius 1 is 1.24 bits per heavy atom. The van der Waals surface area contributed by atoms with Gasteiger partial charge in [-0.15, -0.1) is 0 Å². The number of nitrogens with one attached hydrogen (secondary N) is 1. The van der Waals surface area contributed by atoms with Crippen molar-refractivity contribution < 1.29 is 4.79 Å². The number of aromatic nitrogens is 4. The number of fused-ring (bicyclic) bond motifs is 1. The Labute approximate surface area is 171 Å². The summed E-state index contributed by atoms with van der Waals surface area (Å²) in [5.74, 6) is 0.683. The number of aryl methyl sites for hydroxylation is 1. The van der Waals surface area contributed by atoms with Crippen LogP contribution in [-0.2, 0) is 11.8 Å². The summed E-state index contributed by atoms with van der Waals surface area (Å²) < 4.78 is 1.76. The van der Waals surface area contributed by atoms with Crippen molar-refractivity contribution >= 4 is 22.6 Å². The minimum atomic E-state index is 0.0556. The summed E-state index contributed by atoms with van der Waals surface area (Å²) in [5, 5.41) is 8.15. The van der Waals surface area contributed by atoms with E-state index in [0.29, 0.717) is 5.82 Å². The Morgan fingerprint density at radius 3 is 2.79 bits per heavy atom. The Kier molecular flexibility index (Phi) is 5.85. The fourth-order valence-corrected chi connectivity index (χ4v) is 3.83. The number of rotatable bonds is 6. The molecule has 1 N–H and O–H groups in total. The number of pyridine rings is 2. The van der Waals surface area contributed by atoms with Crippen LogP contribution in [0.2, 0.25) is 0 Å². The summed E-state index contributed by atoms with van der Waals surface area (Å²) in [6, 6.07) is 5.81. The molecule has 0 saturated carbocycles. The van der Waals surface area contributed by atoms with Gasteiger partial charge in [-0.25, -0.2) is 9.97 Å². The quantitative estimate of drug-likeness (QED) is 0.695. The van der Waals surface area contributed by atoms with Gasteiger partial charge >= 0.3 is 0 Å². The summed E-state index contributed by atoms with van der Waals surface area (Å²) in [4.78, 5) is 24.3. The molecule has 1 amide bonds. The van der Waals surface area contributed by atoms with Crippen molar-refractivity contribution in [3.8, 4) is 11.3 Å². The first-order valence-electron chi connectivity index (χ1n) is 10.4. The molecule has 0 unspecified atom stereocenters. The standard InChI is InChI=1S/C22H28N6O/c1-3-4-9-28-10-7-16(8-11-28)22(29)26-21-12-20-17(13-23-21)5-6-19(25-20)18-14-24-27(2)15-18/h5-6,12-16H,3-4,7-11H2,1-2H3,(H,23,26,29). The van der Waals surface area contributed by atoms with Crippen molar-refractivity contribution in [1.82, 2.24) is 24.6 Å². The number of piperidine rings is 1. The van der Waals surface area contributed by atoms with Crippen molar-refractivity contribution in [2.75, 3.05) is 25.0 Å². The third-order valence-corrected chi connectivity index (χ3v) is 5.61. The molecule has 3 aromatic rings. The fourth-order valence-electron chi connectivity index (χ4n) is 3.83. The monoisotopic (exact) mass is 392 g/mol. The number of carbonyl (C=O) groups is 1. The molecule has 1 saturated heterocycles. The largest absolute Gasteiger partial charge is 0.310 e. The molecule has 7 heteroatoms. The van der Waals surface area contributed by atoms with E-state index in [0.717, 1.165) is 54.6 Å². The molecule has 0 spiro atoms. The van der Waals surface area contributed by atoms with Gasteiger partial charge in [0.15, 0.2) is 0 Å². The van der Waals surface area contributed by atoms with E-state index in [1.54, 1.807) is 17.1 Å². The molecule has 4 rings (SSSR count). The highest BCUT2D eigenvalue weighted by molar-refractivity contribution is 5.93. The Balaban J connectivity index is 1.43. The predicted molar refractivity (Wildman–Crippen MR) is 114 cm³/mol. The third-order valence-electron chi connectivity index (χ3n) is 5.61. The second-order valence-electron chi connectivity index (χ2n) is 7.82. The van der Waals surface area contributed by atoms with Gasteiger partial charge in [-0.2, -0.15) is 5.10 Å². The lowest BCUT2D eigenvalue weighted by Gasteiger charge is -2.31. The zero-order valence-corrected chi connectivity index (χ0v) is 17.1. The second-order valence-corrected chi connectivity index (χ2v) is 7.82. The summed E-state index contributed by atoms with van der Waals surface area (Å²) >= 11 is 0. The molecule has 0 aliphatic carbocycles. The molecular formula is C22H28N6O. The van der Waals surface area contributed by atoms with Crippen LogP contribution in [0.4, 0.5) is 5.82 Å². The summed E-state index contributed by atoms with van der Waals surface area (Å²) in [5.41, 5.74) is 2.63. The Morgan fingerprint density at radius 2 is 2.07 bits per heavy atom. The van der Waals surface area contributed by atoms with Crippen molar-refractivity contribution in [1.29, 1.82) is 0 Å². The zero-order valence-electron chi connectivity index (χ0n) is 17.1. The molecule has 7 nitrogen and oxygen atoms in total. The van der Waals surface area contributed by atoms with Crippen LogP contribution in [0.3, 0.4) is 0 Å². The average Bonchev–Trinajstić information content (AvgIpc) is 3.18. The molecule has 0 atom stereocenters. The van der Waals surface area contributed by atoms with Gasteiger partial charge in [-0.1, -0.05) is 13.3 Å². The molecule has 29 heavy (non-hydrogen) atoms. The van der Waals surface area contributed by atoms with Gasteiger partial charge in [0.2, 0.25) is 5.91 Å². The van der Waals surface area contributed by atoms with Crippen molar-refractivity contribution in [3.63, 3.8) is 0 Å². The van der Waals surface area contributed by atoms with E-state index in [2.05, 4.69) is 27.2 Å². The minimum absolute atomic E-state index is 0.0556. The highest BCUT2D eigenvalue weighted by Gasteiger charge is 2.25. The number of unbranched alkanes of at least 4 members (excludes halogenated alkanes) is 1. The van der Waals surface area contributed by atoms with Gasteiger partial charge in [0.25, 0.3) is 0 Å². The van der Waals surface area contributed by atoms with Crippen molar-refractivity contribution in [2.45, 2.75) is 32.6 Å². The smallest absolute Gasteiger partial charge is 0.228 e. The lowest BCUT2D eigenvalue weighted by atomic mass is 9.95. The molecule has 0 bridgehead atoms. The van der Waals surface area contributed by atoms with E-state index in [4.69, 9.17) is 4.98 Å². The third kappa shape index (κ3) is 4.62. The SMILES string of the molecule is CCCCN1CCC(C(=O)Nc2cc3nc(-c4cnn(C)c4)ccc3cn2)CC1. The molecular weight excluding hydrogens is 364 g/mol. The van der Waals surface area contributed by atoms with E-state index in [1.807, 2.05) is 31.4 Å². The van der Waals surface area contributed by atoms with Crippen LogP contribution in [0, 0.1) is 5.92 Å². The number of carbonyl (C=O) groups excluding carboxylic acids is 1. The van der Waals surface area contributed by atoms with E-state index < -0.39 is 0 Å². The predicted octanol–water partition coefficient (Wildman–Crippen LogP) is 3.48. The molecule has 1 fully saturated rings. The second kappa shape index (κ2) is 8.69. The molecule has 0 radical (unpaired) electrons. The Hall–Kier alpha value is -2.80. The van der Waals surface area contributed by atoms with Gasteiger partial charge in [0, 0.05) is 42.4 Å². The van der Waals surface area contributed by atoms with Gasteiger partial charge in [-0.3, -0.25) is 9.48 Å². The fraction of sp³-hybridized carbons (Fsp3) is 0.455. The number of anilines is 1. The topological polar surface area (TPSA) is 75.9 Å². The summed E-state index contributed by atoms with van der Waals surface area (Å²) in [6.07, 6.45) is 9.75. The number of hydrogen-bond donors (Lipinski definition) is 1. The van der Waals surface area contributed by atoms with Crippen molar-refractivity contribution in [3.05, 3.63) is 36.8 Å². The van der Waals surface area contributed by atoms with Crippen LogP contribution < -0.4 is 5.32 Å². The van der Waals surface area contributed by atoms with E-state index in [1.165, 1.54) is 12.8 Å². The van der Waals surface area contributed by atoms with Gasteiger partial charge in [-0.05, 0) is 51.0 Å². The maximum atomic E-state index is 12.7. The Bertz CT molecular complexity index is 990. The highest BCUT2D eigenvalue weighted by Crippen LogP contribution is 2.23. The lowest BCUT2D eigenvalue weighted by Crippen LogP contribution is -2.38. The van der Waals surface area contributed by atoms with Gasteiger partial charge in [0.1, 0.15) is 5.82 Å². The molecule has 0 aromatic carbocycles. The zero-order chi connectivity index (χ0) is 20.2. The highest BCUT2D eigenvalue weighted by atomic mass is 16.1. The molecule has 3 aromatic heterocycles. The summed E-state index contributed by atoms with van der Waals surface area (Å²) in [7, 11) is 1.89. The summed E-state index contributed by atoms with van der Waals surface area (Å²) in [6.45, 7) is 5.35. The first kappa shape index (κ1) is 19.5. The van der Waals surface area contributed by atoms with Crippen LogP contribution in [0.15, 0.2) is 36.8 Å². The molecule has 1 aliphatic rings. The maximum absolute atomic E-state index is 12.7. The molecule has 1 aliphatic heterocycles. The number of likely N-dealkylation sites (tertiary alicyclic amines) is 1. The maximum Gasteiger partial charge on any atom is 0.228 e. The van der Waals surface area contributed by atoms with E-state index in [9.17, 15) is 4.79 Å². The number of hydrogen-bond acceptors (Lipinski definition) is 5. The molecule has 4 heterocycles. The van der Waals surface area contributed by atoms with Gasteiger partial charge in [0.05, 0.1) is 17.4 Å². The van der Waals surface area contributed by atoms with Crippen LogP contribution in [0.5, 0.6) is 0 Å². The van der Waals surface area contributed by atoms with Crippen LogP contribution >= 0.6 is 0 Å². The van der Waals surface area contributed by atoms with Crippen LogP contribution in [-0.4, -0.2) is 50.2 Å². The first-order chi connectivity index (χ1) is 14.1. The van der Waals surface area contributed by atoms with Crippen LogP contribution in [0.25, 0.3) is 22.2 Å². The van der Waals surface area contributed by atoms with Crippen molar-refractivity contribution in [2.24, 2.45) is 13.0 Å². The average molecular weight is 393 g/mol. The first-order valence-corrected chi connectivity index (χ1v) is 10.4. The van der Waals surface area contributed by atoms with Gasteiger partial charge < -0.3 is 10.2 Å². The van der Waals surface area contributed by atoms with E-state index in [-0.39, 0.29) is 11.8 Å². The lowest BCUT2D eigenvalue weighted by molar-refractivity contribution is -0.121. The molecule has 152 valence electrons. The van der Waals surface area contributed by atoms with Crippen LogP contribution in [0.1, 0.15) is 32.6 Å². The number of nitrogens with zero attached hydrogens (tertiary/aromatic N) is 5. The normalized spacial score (nSPS) is 15.7. The minimum Gasteiger partial charge on any atom is -0.310 e. The van der Waals surface area contributed by atoms with E-state index >= 15 is 0 Å². The number of amides is 1.